The maximum atomic E-state index is 12.9. The van der Waals surface area contributed by atoms with Crippen molar-refractivity contribution < 1.29 is 9.50 Å². The van der Waals surface area contributed by atoms with Crippen LogP contribution in [0, 0.1) is 5.92 Å². The molecule has 1 aliphatic carbocycles. The van der Waals surface area contributed by atoms with E-state index in [2.05, 4.69) is 11.6 Å². The van der Waals surface area contributed by atoms with Crippen molar-refractivity contribution in [3.05, 3.63) is 65.8 Å². The van der Waals surface area contributed by atoms with Crippen LogP contribution in [-0.4, -0.2) is 10.1 Å². The zero-order chi connectivity index (χ0) is 16.5. The average Bonchev–Trinajstić information content (AvgIpc) is 2.52. The van der Waals surface area contributed by atoms with E-state index in [9.17, 15) is 9.50 Å². The van der Waals surface area contributed by atoms with Crippen molar-refractivity contribution in [2.24, 2.45) is 5.92 Å². The molecule has 1 aromatic heterocycles. The number of pyridine rings is 1. The molecule has 0 aromatic carbocycles. The number of aromatic nitrogens is 1. The second-order valence-corrected chi connectivity index (χ2v) is 4.88. The summed E-state index contributed by atoms with van der Waals surface area (Å²) < 4.78 is 12.9. The van der Waals surface area contributed by atoms with E-state index in [1.165, 1.54) is 6.08 Å². The molecule has 0 spiro atoms. The van der Waals surface area contributed by atoms with Crippen LogP contribution in [0.25, 0.3) is 11.8 Å². The fourth-order valence-corrected chi connectivity index (χ4v) is 2.28. The molecule has 1 aromatic rings. The van der Waals surface area contributed by atoms with E-state index < -0.39 is 0 Å². The third-order valence-corrected chi connectivity index (χ3v) is 3.23. The first-order valence-electron chi connectivity index (χ1n) is 7.64. The number of rotatable bonds is 4. The third-order valence-electron chi connectivity index (χ3n) is 3.23. The monoisotopic (exact) mass is 301 g/mol. The highest BCUT2D eigenvalue weighted by Gasteiger charge is 2.12. The average molecular weight is 301 g/mol. The van der Waals surface area contributed by atoms with Gasteiger partial charge in [0.05, 0.1) is 0 Å². The largest absolute Gasteiger partial charge is 0.506 e. The summed E-state index contributed by atoms with van der Waals surface area (Å²) in [6, 6.07) is 1.99. The fraction of sp³-hybridized carbons (Fsp3) is 0.316. The van der Waals surface area contributed by atoms with Gasteiger partial charge in [0, 0.05) is 11.8 Å². The van der Waals surface area contributed by atoms with Crippen LogP contribution in [0.5, 0.6) is 0 Å². The minimum Gasteiger partial charge on any atom is -0.506 e. The zero-order valence-corrected chi connectivity index (χ0v) is 13.5. The number of allylic oxidation sites excluding steroid dienone is 5. The Morgan fingerprint density at radius 1 is 1.50 bits per heavy atom. The van der Waals surface area contributed by atoms with Crippen LogP contribution >= 0.6 is 0 Å². The molecule has 1 unspecified atom stereocenters. The zero-order valence-electron chi connectivity index (χ0n) is 13.5. The summed E-state index contributed by atoms with van der Waals surface area (Å²) >= 11 is 0. The Morgan fingerprint density at radius 2 is 2.23 bits per heavy atom. The predicted molar refractivity (Wildman–Crippen MR) is 92.1 cm³/mol. The van der Waals surface area contributed by atoms with Crippen molar-refractivity contribution >= 4 is 11.8 Å². The molecule has 0 saturated carbocycles. The van der Waals surface area contributed by atoms with Gasteiger partial charge in [-0.2, -0.15) is 0 Å². The number of hydrogen-bond donors (Lipinski definition) is 1. The Labute approximate surface area is 132 Å². The van der Waals surface area contributed by atoms with E-state index in [4.69, 9.17) is 0 Å². The van der Waals surface area contributed by atoms with Crippen LogP contribution in [0.1, 0.15) is 44.0 Å². The quantitative estimate of drug-likeness (QED) is 0.730. The molecule has 1 heterocycles. The number of aliphatic hydroxyl groups excluding tert-OH is 1. The van der Waals surface area contributed by atoms with E-state index in [0.717, 1.165) is 17.5 Å². The first-order valence-corrected chi connectivity index (χ1v) is 7.64. The molecule has 0 saturated heterocycles. The molecule has 1 aliphatic rings. The lowest BCUT2D eigenvalue weighted by atomic mass is 9.93. The third kappa shape index (κ3) is 4.99. The summed E-state index contributed by atoms with van der Waals surface area (Å²) in [5, 5.41) is 9.52. The SMILES string of the molecule is C=C(O)c1ncc(CC2C=CC(F)=CC2)cc1/C=C\C.CC. The normalized spacial score (nSPS) is 16.9. The summed E-state index contributed by atoms with van der Waals surface area (Å²) in [7, 11) is 0. The lowest BCUT2D eigenvalue weighted by molar-refractivity contribution is 0.510. The fourth-order valence-electron chi connectivity index (χ4n) is 2.28. The van der Waals surface area contributed by atoms with Crippen LogP contribution in [-0.2, 0) is 6.42 Å². The van der Waals surface area contributed by atoms with E-state index in [1.54, 1.807) is 12.3 Å². The summed E-state index contributed by atoms with van der Waals surface area (Å²) in [5.74, 6) is 0.0889. The van der Waals surface area contributed by atoms with E-state index in [1.807, 2.05) is 45.1 Å². The Balaban J connectivity index is 0.00000116. The van der Waals surface area contributed by atoms with E-state index in [-0.39, 0.29) is 17.5 Å². The molecule has 0 aliphatic heterocycles. The summed E-state index contributed by atoms with van der Waals surface area (Å²) in [6.45, 7) is 9.43. The Kier molecular flexibility index (Phi) is 7.30. The number of hydrogen-bond acceptors (Lipinski definition) is 2. The van der Waals surface area contributed by atoms with Crippen molar-refractivity contribution in [1.82, 2.24) is 4.98 Å². The van der Waals surface area contributed by atoms with Gasteiger partial charge in [-0.05, 0) is 49.5 Å². The Morgan fingerprint density at radius 3 is 2.77 bits per heavy atom. The number of aliphatic hydroxyl groups is 1. The molecule has 0 radical (unpaired) electrons. The minimum atomic E-state index is -0.166. The van der Waals surface area contributed by atoms with Gasteiger partial charge in [-0.3, -0.25) is 4.98 Å². The van der Waals surface area contributed by atoms with Crippen LogP contribution in [0.4, 0.5) is 4.39 Å². The first kappa shape index (κ1) is 17.9. The van der Waals surface area contributed by atoms with Crippen molar-refractivity contribution in [1.29, 1.82) is 0 Å². The molecule has 2 rings (SSSR count). The highest BCUT2D eigenvalue weighted by molar-refractivity contribution is 5.66. The van der Waals surface area contributed by atoms with Crippen LogP contribution in [0.3, 0.4) is 0 Å². The standard InChI is InChI=1S/C17H18FNO.C2H6/c1-3-4-15-10-14(11-19-17(15)12(2)20)9-13-5-7-16(18)8-6-13;1-2/h3-5,7-8,10-11,13,20H,2,6,9H2,1H3;1-2H3/b4-3-;. The van der Waals surface area contributed by atoms with Gasteiger partial charge in [0.2, 0.25) is 0 Å². The van der Waals surface area contributed by atoms with Gasteiger partial charge in [0.25, 0.3) is 0 Å². The molecule has 0 bridgehead atoms. The molecule has 3 heteroatoms. The maximum absolute atomic E-state index is 12.9. The molecule has 1 atom stereocenters. The summed E-state index contributed by atoms with van der Waals surface area (Å²) in [4.78, 5) is 4.26. The smallest absolute Gasteiger partial charge is 0.134 e. The maximum Gasteiger partial charge on any atom is 0.134 e. The summed E-state index contributed by atoms with van der Waals surface area (Å²) in [6.07, 6.45) is 12.0. The molecule has 118 valence electrons. The van der Waals surface area contributed by atoms with Crippen molar-refractivity contribution in [3.63, 3.8) is 0 Å². The van der Waals surface area contributed by atoms with Gasteiger partial charge in [-0.25, -0.2) is 4.39 Å². The van der Waals surface area contributed by atoms with Gasteiger partial charge in [0.1, 0.15) is 17.3 Å². The lowest BCUT2D eigenvalue weighted by Crippen LogP contribution is -2.05. The first-order chi connectivity index (χ1) is 10.6. The van der Waals surface area contributed by atoms with Gasteiger partial charge < -0.3 is 5.11 Å². The van der Waals surface area contributed by atoms with E-state index >= 15 is 0 Å². The summed E-state index contributed by atoms with van der Waals surface area (Å²) in [5.41, 5.74) is 2.41. The van der Waals surface area contributed by atoms with Gasteiger partial charge in [-0.15, -0.1) is 0 Å². The molecule has 0 amide bonds. The lowest BCUT2D eigenvalue weighted by Gasteiger charge is -2.14. The highest BCUT2D eigenvalue weighted by atomic mass is 19.1. The molecule has 0 fully saturated rings. The topological polar surface area (TPSA) is 33.1 Å². The Hall–Kier alpha value is -2.16. The molecule has 22 heavy (non-hydrogen) atoms. The van der Waals surface area contributed by atoms with Crippen molar-refractivity contribution in [2.75, 3.05) is 0 Å². The van der Waals surface area contributed by atoms with E-state index in [0.29, 0.717) is 12.1 Å². The van der Waals surface area contributed by atoms with Crippen LogP contribution < -0.4 is 0 Å². The van der Waals surface area contributed by atoms with Crippen molar-refractivity contribution in [2.45, 2.75) is 33.6 Å². The number of nitrogens with zero attached hydrogens (tertiary/aromatic N) is 1. The molecule has 1 N–H and O–H groups in total. The van der Waals surface area contributed by atoms with Gasteiger partial charge >= 0.3 is 0 Å². The molecule has 2 nitrogen and oxygen atoms in total. The van der Waals surface area contributed by atoms with Crippen LogP contribution in [0.15, 0.2) is 49.0 Å². The molecular weight excluding hydrogens is 277 g/mol. The molecular formula is C19H24FNO. The van der Waals surface area contributed by atoms with Gasteiger partial charge in [-0.1, -0.05) is 38.7 Å². The predicted octanol–water partition coefficient (Wildman–Crippen LogP) is 5.64. The van der Waals surface area contributed by atoms with Crippen LogP contribution in [0.2, 0.25) is 0 Å². The minimum absolute atomic E-state index is 0.0350. The van der Waals surface area contributed by atoms with Gasteiger partial charge in [0.15, 0.2) is 0 Å². The number of halogens is 1. The van der Waals surface area contributed by atoms with Crippen molar-refractivity contribution in [3.8, 4) is 0 Å². The second-order valence-electron chi connectivity index (χ2n) is 4.88. The Bertz CT molecular complexity index is 599. The highest BCUT2D eigenvalue weighted by Crippen LogP contribution is 2.23. The second kappa shape index (κ2) is 8.98.